The molecule has 144 valence electrons. The van der Waals surface area contributed by atoms with Crippen LogP contribution in [0.4, 0.5) is 13.2 Å². The Morgan fingerprint density at radius 2 is 1.88 bits per heavy atom. The summed E-state index contributed by atoms with van der Waals surface area (Å²) in [7, 11) is 0. The van der Waals surface area contributed by atoms with E-state index in [9.17, 15) is 22.8 Å². The van der Waals surface area contributed by atoms with Crippen LogP contribution in [0.1, 0.15) is 24.1 Å². The largest absolute Gasteiger partial charge is 0.416 e. The van der Waals surface area contributed by atoms with E-state index >= 15 is 0 Å². The SMILES string of the molecule is CC(NC(=O)C(=O)N1CCN(CCN)CC1)c1cccc(C(F)(F)F)c1. The van der Waals surface area contributed by atoms with Gasteiger partial charge in [0.15, 0.2) is 0 Å². The number of rotatable bonds is 4. The molecule has 0 aromatic heterocycles. The van der Waals surface area contributed by atoms with Gasteiger partial charge in [0.05, 0.1) is 11.6 Å². The van der Waals surface area contributed by atoms with E-state index in [-0.39, 0.29) is 5.56 Å². The smallest absolute Gasteiger partial charge is 0.341 e. The molecule has 1 saturated heterocycles. The van der Waals surface area contributed by atoms with Crippen molar-refractivity contribution >= 4 is 11.8 Å². The van der Waals surface area contributed by atoms with Gasteiger partial charge < -0.3 is 16.0 Å². The molecule has 2 rings (SSSR count). The third-order valence-electron chi connectivity index (χ3n) is 4.36. The summed E-state index contributed by atoms with van der Waals surface area (Å²) >= 11 is 0. The number of halogens is 3. The van der Waals surface area contributed by atoms with Crippen molar-refractivity contribution in [2.24, 2.45) is 5.73 Å². The van der Waals surface area contributed by atoms with Gasteiger partial charge in [-0.15, -0.1) is 0 Å². The van der Waals surface area contributed by atoms with Gasteiger partial charge in [0, 0.05) is 39.3 Å². The molecule has 0 spiro atoms. The average Bonchev–Trinajstić information content (AvgIpc) is 2.61. The first-order valence-electron chi connectivity index (χ1n) is 8.41. The molecule has 0 aliphatic carbocycles. The van der Waals surface area contributed by atoms with Crippen molar-refractivity contribution in [3.05, 3.63) is 35.4 Å². The molecule has 1 fully saturated rings. The molecule has 3 N–H and O–H groups in total. The second-order valence-corrected chi connectivity index (χ2v) is 6.24. The van der Waals surface area contributed by atoms with Crippen molar-refractivity contribution in [2.45, 2.75) is 19.1 Å². The molecule has 1 aromatic rings. The molecule has 26 heavy (non-hydrogen) atoms. The second-order valence-electron chi connectivity index (χ2n) is 6.24. The Morgan fingerprint density at radius 1 is 1.23 bits per heavy atom. The third kappa shape index (κ3) is 5.18. The summed E-state index contributed by atoms with van der Waals surface area (Å²) in [5.74, 6) is -1.49. The topological polar surface area (TPSA) is 78.7 Å². The highest BCUT2D eigenvalue weighted by Crippen LogP contribution is 2.30. The van der Waals surface area contributed by atoms with E-state index in [1.54, 1.807) is 6.92 Å². The van der Waals surface area contributed by atoms with E-state index in [1.165, 1.54) is 17.0 Å². The number of amides is 2. The Labute approximate surface area is 150 Å². The Balaban J connectivity index is 1.94. The minimum absolute atomic E-state index is 0.286. The highest BCUT2D eigenvalue weighted by molar-refractivity contribution is 6.35. The Bertz CT molecular complexity index is 643. The quantitative estimate of drug-likeness (QED) is 0.773. The number of hydrogen-bond acceptors (Lipinski definition) is 4. The Hall–Kier alpha value is -2.13. The van der Waals surface area contributed by atoms with E-state index in [0.717, 1.165) is 18.7 Å². The highest BCUT2D eigenvalue weighted by atomic mass is 19.4. The average molecular weight is 372 g/mol. The highest BCUT2D eigenvalue weighted by Gasteiger charge is 2.31. The molecule has 1 aromatic carbocycles. The van der Waals surface area contributed by atoms with Crippen molar-refractivity contribution in [3.63, 3.8) is 0 Å². The maximum atomic E-state index is 12.8. The molecule has 6 nitrogen and oxygen atoms in total. The number of hydrogen-bond donors (Lipinski definition) is 2. The third-order valence-corrected chi connectivity index (χ3v) is 4.36. The van der Waals surface area contributed by atoms with Crippen LogP contribution in [-0.2, 0) is 15.8 Å². The maximum absolute atomic E-state index is 12.8. The molecule has 1 aliphatic heterocycles. The van der Waals surface area contributed by atoms with Crippen LogP contribution in [0.2, 0.25) is 0 Å². The molecule has 1 heterocycles. The molecular weight excluding hydrogens is 349 g/mol. The lowest BCUT2D eigenvalue weighted by molar-refractivity contribution is -0.147. The zero-order valence-electron chi connectivity index (χ0n) is 14.6. The predicted molar refractivity (Wildman–Crippen MR) is 90.1 cm³/mol. The minimum Gasteiger partial charge on any atom is -0.341 e. The number of benzene rings is 1. The summed E-state index contributed by atoms with van der Waals surface area (Å²) in [6, 6.07) is 3.98. The van der Waals surface area contributed by atoms with Gasteiger partial charge in [-0.2, -0.15) is 13.2 Å². The van der Waals surface area contributed by atoms with E-state index < -0.39 is 29.6 Å². The molecule has 2 amide bonds. The van der Waals surface area contributed by atoms with E-state index in [1.807, 2.05) is 0 Å². The Kier molecular flexibility index (Phi) is 6.60. The number of carbonyl (C=O) groups excluding carboxylic acids is 2. The number of piperazine rings is 1. The van der Waals surface area contributed by atoms with Crippen LogP contribution in [0.5, 0.6) is 0 Å². The lowest BCUT2D eigenvalue weighted by Gasteiger charge is -2.34. The molecule has 1 aliphatic rings. The first-order valence-corrected chi connectivity index (χ1v) is 8.41. The van der Waals surface area contributed by atoms with Crippen molar-refractivity contribution in [1.82, 2.24) is 15.1 Å². The van der Waals surface area contributed by atoms with Gasteiger partial charge in [-0.1, -0.05) is 12.1 Å². The standard InChI is InChI=1S/C17H23F3N4O2/c1-12(13-3-2-4-14(11-13)17(18,19)20)22-15(25)16(26)24-9-7-23(6-5-21)8-10-24/h2-4,11-12H,5-10,21H2,1H3,(H,22,25). The molecular formula is C17H23F3N4O2. The van der Waals surface area contributed by atoms with Crippen LogP contribution in [0.25, 0.3) is 0 Å². The van der Waals surface area contributed by atoms with Crippen molar-refractivity contribution in [2.75, 3.05) is 39.3 Å². The van der Waals surface area contributed by atoms with Gasteiger partial charge in [-0.05, 0) is 24.6 Å². The van der Waals surface area contributed by atoms with Gasteiger partial charge in [-0.25, -0.2) is 0 Å². The lowest BCUT2D eigenvalue weighted by Crippen LogP contribution is -2.53. The number of carbonyl (C=O) groups is 2. The number of nitrogens with one attached hydrogen (secondary N) is 1. The van der Waals surface area contributed by atoms with E-state index in [4.69, 9.17) is 5.73 Å². The normalized spacial score (nSPS) is 17.0. The summed E-state index contributed by atoms with van der Waals surface area (Å²) in [6.45, 7) is 4.93. The van der Waals surface area contributed by atoms with Gasteiger partial charge in [-0.3, -0.25) is 14.5 Å². The van der Waals surface area contributed by atoms with Crippen LogP contribution in [0.15, 0.2) is 24.3 Å². The summed E-state index contributed by atoms with van der Waals surface area (Å²) in [4.78, 5) is 28.0. The second kappa shape index (κ2) is 8.50. The van der Waals surface area contributed by atoms with Gasteiger partial charge in [0.1, 0.15) is 0 Å². The van der Waals surface area contributed by atoms with Gasteiger partial charge in [0.2, 0.25) is 0 Å². The first-order chi connectivity index (χ1) is 12.2. The van der Waals surface area contributed by atoms with Crippen LogP contribution in [0.3, 0.4) is 0 Å². The van der Waals surface area contributed by atoms with Crippen LogP contribution < -0.4 is 11.1 Å². The summed E-state index contributed by atoms with van der Waals surface area (Å²) in [5, 5.41) is 2.48. The maximum Gasteiger partial charge on any atom is 0.416 e. The van der Waals surface area contributed by atoms with E-state index in [2.05, 4.69) is 10.2 Å². The first kappa shape index (κ1) is 20.2. The predicted octanol–water partition coefficient (Wildman–Crippen LogP) is 0.986. The van der Waals surface area contributed by atoms with Gasteiger partial charge >= 0.3 is 18.0 Å². The molecule has 0 radical (unpaired) electrons. The zero-order valence-corrected chi connectivity index (χ0v) is 14.6. The zero-order chi connectivity index (χ0) is 19.3. The number of alkyl halides is 3. The summed E-state index contributed by atoms with van der Waals surface area (Å²) in [5.41, 5.74) is 4.99. The molecule has 1 unspecified atom stereocenters. The fourth-order valence-electron chi connectivity index (χ4n) is 2.83. The molecule has 0 saturated carbocycles. The van der Waals surface area contributed by atoms with Crippen molar-refractivity contribution in [1.29, 1.82) is 0 Å². The fourth-order valence-corrected chi connectivity index (χ4v) is 2.83. The summed E-state index contributed by atoms with van der Waals surface area (Å²) < 4.78 is 38.4. The number of nitrogens with zero attached hydrogens (tertiary/aromatic N) is 2. The van der Waals surface area contributed by atoms with Crippen molar-refractivity contribution in [3.8, 4) is 0 Å². The Morgan fingerprint density at radius 3 is 2.46 bits per heavy atom. The fraction of sp³-hybridized carbons (Fsp3) is 0.529. The van der Waals surface area contributed by atoms with Crippen LogP contribution in [0, 0.1) is 0 Å². The van der Waals surface area contributed by atoms with Gasteiger partial charge in [0.25, 0.3) is 0 Å². The van der Waals surface area contributed by atoms with Crippen molar-refractivity contribution < 1.29 is 22.8 Å². The molecule has 0 bridgehead atoms. The van der Waals surface area contributed by atoms with Crippen LogP contribution in [-0.4, -0.2) is 60.9 Å². The van der Waals surface area contributed by atoms with Crippen LogP contribution >= 0.6 is 0 Å². The number of nitrogens with two attached hydrogens (primary N) is 1. The summed E-state index contributed by atoms with van der Waals surface area (Å²) in [6.07, 6.45) is -4.46. The molecule has 1 atom stereocenters. The monoisotopic (exact) mass is 372 g/mol. The minimum atomic E-state index is -4.46. The lowest BCUT2D eigenvalue weighted by atomic mass is 10.0. The molecule has 9 heteroatoms. The van der Waals surface area contributed by atoms with E-state index in [0.29, 0.717) is 32.7 Å².